The molecule has 2 aliphatic carbocycles. The van der Waals surface area contributed by atoms with Gasteiger partial charge in [-0.05, 0) is 81.3 Å². The summed E-state index contributed by atoms with van der Waals surface area (Å²) < 4.78 is 5.95. The molecule has 2 saturated carbocycles. The molecule has 0 unspecified atom stereocenters. The summed E-state index contributed by atoms with van der Waals surface area (Å²) in [6.45, 7) is 1.89. The molecular formula is C21H24N2O3S. The van der Waals surface area contributed by atoms with Gasteiger partial charge in [-0.1, -0.05) is 0 Å². The largest absolute Gasteiger partial charge is 0.490 e. The van der Waals surface area contributed by atoms with Crippen molar-refractivity contribution in [1.82, 2.24) is 0 Å². The molecule has 6 heteroatoms. The van der Waals surface area contributed by atoms with Crippen molar-refractivity contribution in [2.24, 2.45) is 5.92 Å². The van der Waals surface area contributed by atoms with Gasteiger partial charge in [0, 0.05) is 11.6 Å². The Labute approximate surface area is 163 Å². The Morgan fingerprint density at radius 3 is 2.41 bits per heavy atom. The average Bonchev–Trinajstić information content (AvgIpc) is 3.27. The van der Waals surface area contributed by atoms with Gasteiger partial charge in [-0.2, -0.15) is 0 Å². The van der Waals surface area contributed by atoms with E-state index < -0.39 is 0 Å². The number of amides is 2. The number of thiophene rings is 1. The summed E-state index contributed by atoms with van der Waals surface area (Å²) >= 11 is 1.32. The lowest BCUT2D eigenvalue weighted by molar-refractivity contribution is -0.117. The van der Waals surface area contributed by atoms with E-state index in [2.05, 4.69) is 10.6 Å². The summed E-state index contributed by atoms with van der Waals surface area (Å²) in [6.07, 6.45) is 6.97. The summed E-state index contributed by atoms with van der Waals surface area (Å²) in [5, 5.41) is 6.56. The lowest BCUT2D eigenvalue weighted by Gasteiger charge is -2.13. The summed E-state index contributed by atoms with van der Waals surface area (Å²) in [7, 11) is 0. The minimum atomic E-state index is -0.158. The Balaban J connectivity index is 1.36. The molecule has 1 heterocycles. The van der Waals surface area contributed by atoms with E-state index in [0.29, 0.717) is 11.0 Å². The minimum Gasteiger partial charge on any atom is -0.490 e. The van der Waals surface area contributed by atoms with Gasteiger partial charge < -0.3 is 15.4 Å². The van der Waals surface area contributed by atoms with Crippen LogP contribution in [0.3, 0.4) is 0 Å². The van der Waals surface area contributed by atoms with Gasteiger partial charge in [0.1, 0.15) is 5.75 Å². The van der Waals surface area contributed by atoms with E-state index in [9.17, 15) is 9.59 Å². The molecule has 142 valence electrons. The lowest BCUT2D eigenvalue weighted by atomic mass is 10.2. The fourth-order valence-electron chi connectivity index (χ4n) is 3.34. The zero-order valence-electron chi connectivity index (χ0n) is 15.4. The van der Waals surface area contributed by atoms with E-state index in [1.807, 2.05) is 37.3 Å². The summed E-state index contributed by atoms with van der Waals surface area (Å²) in [4.78, 5) is 25.1. The molecule has 0 atom stereocenters. The normalized spacial score (nSPS) is 16.9. The predicted octanol–water partition coefficient (Wildman–Crippen LogP) is 4.98. The Bertz CT molecular complexity index is 834. The highest BCUT2D eigenvalue weighted by molar-refractivity contribution is 7.18. The van der Waals surface area contributed by atoms with Crippen LogP contribution in [0.25, 0.3) is 0 Å². The summed E-state index contributed by atoms with van der Waals surface area (Å²) in [6, 6.07) is 9.38. The third-order valence-corrected chi connectivity index (χ3v) is 6.19. The first-order valence-corrected chi connectivity index (χ1v) is 10.4. The fraction of sp³-hybridized carbons (Fsp3) is 0.429. The van der Waals surface area contributed by atoms with E-state index >= 15 is 0 Å². The molecule has 0 aliphatic heterocycles. The van der Waals surface area contributed by atoms with Gasteiger partial charge in [-0.15, -0.1) is 11.3 Å². The molecule has 0 spiro atoms. The molecule has 4 rings (SSSR count). The number of hydrogen-bond acceptors (Lipinski definition) is 4. The monoisotopic (exact) mass is 384 g/mol. The Morgan fingerprint density at radius 2 is 1.74 bits per heavy atom. The van der Waals surface area contributed by atoms with Gasteiger partial charge in [-0.25, -0.2) is 0 Å². The van der Waals surface area contributed by atoms with Crippen LogP contribution in [0.15, 0.2) is 30.3 Å². The number of carbonyl (C=O) groups is 2. The molecule has 2 aromatic rings. The van der Waals surface area contributed by atoms with Crippen molar-refractivity contribution in [2.75, 3.05) is 10.6 Å². The first-order valence-electron chi connectivity index (χ1n) is 9.58. The van der Waals surface area contributed by atoms with E-state index in [4.69, 9.17) is 4.74 Å². The van der Waals surface area contributed by atoms with Crippen molar-refractivity contribution in [2.45, 2.75) is 51.6 Å². The maximum Gasteiger partial charge on any atom is 0.266 e. The maximum absolute atomic E-state index is 12.6. The van der Waals surface area contributed by atoms with Crippen molar-refractivity contribution >= 4 is 33.8 Å². The standard InChI is InChI=1S/C21H24N2O3S/c1-13-12-18(23-20(24)14-6-7-14)27-19(13)21(25)22-15-8-10-17(11-9-15)26-16-4-2-3-5-16/h8-12,14,16H,2-7H2,1H3,(H,22,25)(H,23,24). The zero-order valence-corrected chi connectivity index (χ0v) is 16.2. The van der Waals surface area contributed by atoms with Crippen LogP contribution in [0.4, 0.5) is 10.7 Å². The zero-order chi connectivity index (χ0) is 18.8. The quantitative estimate of drug-likeness (QED) is 0.738. The van der Waals surface area contributed by atoms with Crippen LogP contribution in [-0.2, 0) is 4.79 Å². The van der Waals surface area contributed by atoms with Crippen LogP contribution in [-0.4, -0.2) is 17.9 Å². The molecule has 1 aromatic heterocycles. The Hall–Kier alpha value is -2.34. The highest BCUT2D eigenvalue weighted by Crippen LogP contribution is 2.33. The maximum atomic E-state index is 12.6. The number of benzene rings is 1. The Morgan fingerprint density at radius 1 is 1.04 bits per heavy atom. The van der Waals surface area contributed by atoms with Gasteiger partial charge in [0.2, 0.25) is 5.91 Å². The number of hydrogen-bond donors (Lipinski definition) is 2. The fourth-order valence-corrected chi connectivity index (χ4v) is 4.31. The van der Waals surface area contributed by atoms with Gasteiger partial charge in [-0.3, -0.25) is 9.59 Å². The van der Waals surface area contributed by atoms with E-state index in [1.54, 1.807) is 0 Å². The van der Waals surface area contributed by atoms with Gasteiger partial charge in [0.25, 0.3) is 5.91 Å². The first kappa shape index (κ1) is 18.0. The summed E-state index contributed by atoms with van der Waals surface area (Å²) in [5.41, 5.74) is 1.60. The van der Waals surface area contributed by atoms with Crippen LogP contribution < -0.4 is 15.4 Å². The molecule has 2 aliphatic rings. The van der Waals surface area contributed by atoms with Gasteiger partial charge in [0.05, 0.1) is 16.0 Å². The van der Waals surface area contributed by atoms with Crippen molar-refractivity contribution in [1.29, 1.82) is 0 Å². The van der Waals surface area contributed by atoms with Gasteiger partial charge >= 0.3 is 0 Å². The predicted molar refractivity (Wildman–Crippen MR) is 108 cm³/mol. The van der Waals surface area contributed by atoms with Crippen LogP contribution in [0.5, 0.6) is 5.75 Å². The number of aryl methyl sites for hydroxylation is 1. The van der Waals surface area contributed by atoms with Crippen LogP contribution >= 0.6 is 11.3 Å². The molecular weight excluding hydrogens is 360 g/mol. The van der Waals surface area contributed by atoms with Crippen molar-refractivity contribution < 1.29 is 14.3 Å². The third kappa shape index (κ3) is 4.50. The van der Waals surface area contributed by atoms with Crippen molar-refractivity contribution in [3.8, 4) is 5.75 Å². The second kappa shape index (κ2) is 7.72. The van der Waals surface area contributed by atoms with Crippen LogP contribution in [0.2, 0.25) is 0 Å². The number of rotatable bonds is 6. The molecule has 2 N–H and O–H groups in total. The van der Waals surface area contributed by atoms with E-state index in [1.165, 1.54) is 24.2 Å². The van der Waals surface area contributed by atoms with E-state index in [0.717, 1.165) is 47.7 Å². The number of anilines is 2. The highest BCUT2D eigenvalue weighted by atomic mass is 32.1. The molecule has 0 bridgehead atoms. The smallest absolute Gasteiger partial charge is 0.266 e. The van der Waals surface area contributed by atoms with Crippen LogP contribution in [0.1, 0.15) is 53.8 Å². The highest BCUT2D eigenvalue weighted by Gasteiger charge is 2.30. The molecule has 0 radical (unpaired) electrons. The lowest BCUT2D eigenvalue weighted by Crippen LogP contribution is -2.12. The summed E-state index contributed by atoms with van der Waals surface area (Å²) in [5.74, 6) is 0.891. The second-order valence-electron chi connectivity index (χ2n) is 7.39. The molecule has 1 aromatic carbocycles. The molecule has 2 amide bonds. The molecule has 2 fully saturated rings. The number of ether oxygens (including phenoxy) is 1. The van der Waals surface area contributed by atoms with Crippen LogP contribution in [0, 0.1) is 12.8 Å². The SMILES string of the molecule is Cc1cc(NC(=O)C2CC2)sc1C(=O)Nc1ccc(OC2CCCC2)cc1. The first-order chi connectivity index (χ1) is 13.1. The Kier molecular flexibility index (Phi) is 5.16. The average molecular weight is 385 g/mol. The number of nitrogens with one attached hydrogen (secondary N) is 2. The topological polar surface area (TPSA) is 67.4 Å². The molecule has 5 nitrogen and oxygen atoms in total. The molecule has 27 heavy (non-hydrogen) atoms. The van der Waals surface area contributed by atoms with Crippen molar-refractivity contribution in [3.05, 3.63) is 40.8 Å². The second-order valence-corrected chi connectivity index (χ2v) is 8.44. The third-order valence-electron chi connectivity index (χ3n) is 5.04. The van der Waals surface area contributed by atoms with E-state index in [-0.39, 0.29) is 17.7 Å². The minimum absolute atomic E-state index is 0.0565. The van der Waals surface area contributed by atoms with Gasteiger partial charge in [0.15, 0.2) is 0 Å². The number of carbonyl (C=O) groups excluding carboxylic acids is 2. The molecule has 0 saturated heterocycles. The van der Waals surface area contributed by atoms with Crippen molar-refractivity contribution in [3.63, 3.8) is 0 Å².